The Kier molecular flexibility index (Phi) is 8.60. The number of ether oxygens (including phenoxy) is 1. The molecule has 9 heteroatoms. The predicted molar refractivity (Wildman–Crippen MR) is 125 cm³/mol. The summed E-state index contributed by atoms with van der Waals surface area (Å²) in [7, 11) is 0. The number of rotatable bonds is 8. The molecule has 0 radical (unpaired) electrons. The fourth-order valence-corrected chi connectivity index (χ4v) is 4.66. The van der Waals surface area contributed by atoms with Crippen LogP contribution in [0.2, 0.25) is 0 Å². The van der Waals surface area contributed by atoms with Crippen molar-refractivity contribution in [3.8, 4) is 5.75 Å². The third-order valence-corrected chi connectivity index (χ3v) is 6.10. The van der Waals surface area contributed by atoms with E-state index in [1.54, 1.807) is 18.2 Å². The van der Waals surface area contributed by atoms with Gasteiger partial charge >= 0.3 is 0 Å². The SMILES string of the molecule is CCCCOc1ccc(C(=O)NC(=S)Nc2sc(C)c(CC)c2C(N)=O)cc1Br. The Morgan fingerprint density at radius 2 is 2.03 bits per heavy atom. The maximum atomic E-state index is 12.5. The van der Waals surface area contributed by atoms with Gasteiger partial charge in [-0.05, 0) is 71.7 Å². The second kappa shape index (κ2) is 10.7. The first kappa shape index (κ1) is 23.3. The number of hydrogen-bond donors (Lipinski definition) is 3. The average molecular weight is 498 g/mol. The minimum Gasteiger partial charge on any atom is -0.492 e. The number of unbranched alkanes of at least 4 members (excludes halogenated alkanes) is 1. The molecule has 0 saturated carbocycles. The Hall–Kier alpha value is -1.97. The summed E-state index contributed by atoms with van der Waals surface area (Å²) >= 11 is 10.1. The zero-order valence-electron chi connectivity index (χ0n) is 16.6. The number of nitrogens with two attached hydrogens (primary N) is 1. The highest BCUT2D eigenvalue weighted by atomic mass is 79.9. The third-order valence-electron chi connectivity index (χ3n) is 4.21. The Labute approximate surface area is 188 Å². The van der Waals surface area contributed by atoms with Crippen LogP contribution in [-0.4, -0.2) is 23.5 Å². The van der Waals surface area contributed by atoms with Crippen molar-refractivity contribution < 1.29 is 14.3 Å². The number of amides is 2. The van der Waals surface area contributed by atoms with Crippen LogP contribution in [0.15, 0.2) is 22.7 Å². The van der Waals surface area contributed by atoms with E-state index in [2.05, 4.69) is 33.5 Å². The number of nitrogens with one attached hydrogen (secondary N) is 2. The quantitative estimate of drug-likeness (QED) is 0.360. The van der Waals surface area contributed by atoms with Gasteiger partial charge in [-0.1, -0.05) is 20.3 Å². The minimum atomic E-state index is -0.523. The number of halogens is 1. The largest absolute Gasteiger partial charge is 0.492 e. The second-order valence-electron chi connectivity index (χ2n) is 6.31. The highest BCUT2D eigenvalue weighted by Crippen LogP contribution is 2.33. The molecule has 0 aliphatic rings. The summed E-state index contributed by atoms with van der Waals surface area (Å²) in [6.45, 7) is 6.59. The molecular weight excluding hydrogens is 474 g/mol. The summed E-state index contributed by atoms with van der Waals surface area (Å²) in [5, 5.41) is 6.20. The van der Waals surface area contributed by atoms with Crippen LogP contribution in [0.4, 0.5) is 5.00 Å². The van der Waals surface area contributed by atoms with Gasteiger partial charge in [0, 0.05) is 10.4 Å². The van der Waals surface area contributed by atoms with E-state index in [-0.39, 0.29) is 11.0 Å². The van der Waals surface area contributed by atoms with Crippen LogP contribution in [0, 0.1) is 6.92 Å². The summed E-state index contributed by atoms with van der Waals surface area (Å²) in [4.78, 5) is 25.4. The third kappa shape index (κ3) is 6.01. The molecule has 6 nitrogen and oxygen atoms in total. The summed E-state index contributed by atoms with van der Waals surface area (Å²) in [6.07, 6.45) is 2.69. The van der Waals surface area contributed by atoms with Crippen LogP contribution in [-0.2, 0) is 6.42 Å². The smallest absolute Gasteiger partial charge is 0.257 e. The Bertz CT molecular complexity index is 928. The topological polar surface area (TPSA) is 93.4 Å². The van der Waals surface area contributed by atoms with Gasteiger partial charge < -0.3 is 15.8 Å². The van der Waals surface area contributed by atoms with Crippen molar-refractivity contribution in [3.05, 3.63) is 44.2 Å². The number of aryl methyl sites for hydroxylation is 1. The molecule has 0 fully saturated rings. The second-order valence-corrected chi connectivity index (χ2v) is 8.80. The molecule has 0 atom stereocenters. The molecule has 0 aliphatic heterocycles. The number of thiophene rings is 1. The molecular formula is C20H24BrN3O3S2. The van der Waals surface area contributed by atoms with Crippen molar-refractivity contribution >= 4 is 61.4 Å². The van der Waals surface area contributed by atoms with Gasteiger partial charge in [0.05, 0.1) is 16.6 Å². The lowest BCUT2D eigenvalue weighted by molar-refractivity contribution is 0.0975. The van der Waals surface area contributed by atoms with Crippen LogP contribution in [0.25, 0.3) is 0 Å². The zero-order chi connectivity index (χ0) is 21.6. The number of carbonyl (C=O) groups excluding carboxylic acids is 2. The van der Waals surface area contributed by atoms with Gasteiger partial charge in [-0.15, -0.1) is 11.3 Å². The average Bonchev–Trinajstić information content (AvgIpc) is 2.97. The number of primary amides is 1. The highest BCUT2D eigenvalue weighted by molar-refractivity contribution is 9.10. The fourth-order valence-electron chi connectivity index (χ4n) is 2.75. The van der Waals surface area contributed by atoms with Crippen LogP contribution in [0.1, 0.15) is 57.8 Å². The highest BCUT2D eigenvalue weighted by Gasteiger charge is 2.20. The maximum Gasteiger partial charge on any atom is 0.257 e. The molecule has 0 aliphatic carbocycles. The van der Waals surface area contributed by atoms with Crippen molar-refractivity contribution in [2.24, 2.45) is 5.73 Å². The fraction of sp³-hybridized carbons (Fsp3) is 0.350. The molecule has 2 amide bonds. The van der Waals surface area contributed by atoms with Crippen molar-refractivity contribution in [3.63, 3.8) is 0 Å². The van der Waals surface area contributed by atoms with E-state index >= 15 is 0 Å². The predicted octanol–water partition coefficient (Wildman–Crippen LogP) is 4.79. The number of anilines is 1. The van der Waals surface area contributed by atoms with Gasteiger partial charge in [-0.3, -0.25) is 14.9 Å². The molecule has 1 heterocycles. The lowest BCUT2D eigenvalue weighted by atomic mass is 10.1. The summed E-state index contributed by atoms with van der Waals surface area (Å²) < 4.78 is 6.36. The van der Waals surface area contributed by atoms with E-state index in [1.807, 2.05) is 13.8 Å². The molecule has 0 spiro atoms. The number of hydrogen-bond acceptors (Lipinski definition) is 5. The Balaban J connectivity index is 2.07. The van der Waals surface area contributed by atoms with Crippen molar-refractivity contribution in [1.82, 2.24) is 5.32 Å². The van der Waals surface area contributed by atoms with Gasteiger partial charge in [0.15, 0.2) is 5.11 Å². The standard InChI is InChI=1S/C20H24BrN3O3S2/c1-4-6-9-27-15-8-7-12(10-14(15)21)18(26)23-20(28)24-19-16(17(22)25)13(5-2)11(3)29-19/h7-8,10H,4-6,9H2,1-3H3,(H2,22,25)(H2,23,24,26,28). The molecule has 29 heavy (non-hydrogen) atoms. The van der Waals surface area contributed by atoms with Crippen molar-refractivity contribution in [2.45, 2.75) is 40.0 Å². The number of benzene rings is 1. The van der Waals surface area contributed by atoms with Crippen LogP contribution in [0.3, 0.4) is 0 Å². The molecule has 1 aromatic carbocycles. The van der Waals surface area contributed by atoms with E-state index in [9.17, 15) is 9.59 Å². The molecule has 156 valence electrons. The molecule has 1 aromatic heterocycles. The molecule has 4 N–H and O–H groups in total. The Morgan fingerprint density at radius 3 is 2.62 bits per heavy atom. The van der Waals surface area contributed by atoms with Gasteiger partial charge in [-0.25, -0.2) is 0 Å². The van der Waals surface area contributed by atoms with E-state index in [4.69, 9.17) is 22.7 Å². The van der Waals surface area contributed by atoms with Crippen molar-refractivity contribution in [2.75, 3.05) is 11.9 Å². The lowest BCUT2D eigenvalue weighted by Gasteiger charge is -2.11. The van der Waals surface area contributed by atoms with Crippen LogP contribution in [0.5, 0.6) is 5.75 Å². The van der Waals surface area contributed by atoms with E-state index in [1.165, 1.54) is 11.3 Å². The van der Waals surface area contributed by atoms with Gasteiger partial charge in [0.2, 0.25) is 0 Å². The van der Waals surface area contributed by atoms with Crippen LogP contribution < -0.4 is 21.1 Å². The first-order valence-corrected chi connectivity index (χ1v) is 11.3. The number of carbonyl (C=O) groups is 2. The monoisotopic (exact) mass is 497 g/mol. The van der Waals surface area contributed by atoms with Gasteiger partial charge in [0.1, 0.15) is 10.8 Å². The molecule has 0 unspecified atom stereocenters. The molecule has 0 bridgehead atoms. The van der Waals surface area contributed by atoms with Crippen molar-refractivity contribution in [1.29, 1.82) is 0 Å². The molecule has 2 rings (SSSR count). The van der Waals surface area contributed by atoms with E-state index in [0.29, 0.717) is 39.4 Å². The van der Waals surface area contributed by atoms with Crippen LogP contribution >= 0.6 is 39.5 Å². The summed E-state index contributed by atoms with van der Waals surface area (Å²) in [6, 6.07) is 5.09. The summed E-state index contributed by atoms with van der Waals surface area (Å²) in [5.41, 5.74) is 7.26. The van der Waals surface area contributed by atoms with E-state index in [0.717, 1.165) is 23.3 Å². The first-order chi connectivity index (χ1) is 13.8. The normalized spacial score (nSPS) is 10.5. The van der Waals surface area contributed by atoms with Gasteiger partial charge in [-0.2, -0.15) is 0 Å². The maximum absolute atomic E-state index is 12.5. The lowest BCUT2D eigenvalue weighted by Crippen LogP contribution is -2.34. The number of thiocarbonyl (C=S) groups is 1. The van der Waals surface area contributed by atoms with E-state index < -0.39 is 5.91 Å². The first-order valence-electron chi connectivity index (χ1n) is 9.25. The molecule has 2 aromatic rings. The Morgan fingerprint density at radius 1 is 1.31 bits per heavy atom. The van der Waals surface area contributed by atoms with Gasteiger partial charge in [0.25, 0.3) is 11.8 Å². The minimum absolute atomic E-state index is 0.0980. The molecule has 0 saturated heterocycles. The zero-order valence-corrected chi connectivity index (χ0v) is 19.8. The summed E-state index contributed by atoms with van der Waals surface area (Å²) in [5.74, 6) is -0.207.